The van der Waals surface area contributed by atoms with Crippen LogP contribution in [-0.2, 0) is 11.2 Å². The SMILES string of the molecule is O=C(O)Cc1c(Cl)cc([N+](=O)[O-])cc1Cl. The van der Waals surface area contributed by atoms with Gasteiger partial charge in [-0.3, -0.25) is 14.9 Å². The first-order valence-corrected chi connectivity index (χ1v) is 4.51. The Morgan fingerprint density at radius 1 is 1.40 bits per heavy atom. The lowest BCUT2D eigenvalue weighted by Crippen LogP contribution is -2.02. The van der Waals surface area contributed by atoms with Crippen molar-refractivity contribution in [3.8, 4) is 0 Å². The number of halogens is 2. The predicted molar refractivity (Wildman–Crippen MR) is 54.5 cm³/mol. The molecule has 0 radical (unpaired) electrons. The molecule has 15 heavy (non-hydrogen) atoms. The molecular weight excluding hydrogens is 245 g/mol. The summed E-state index contributed by atoms with van der Waals surface area (Å²) < 4.78 is 0. The molecule has 1 N–H and O–H groups in total. The first-order valence-electron chi connectivity index (χ1n) is 3.76. The third-order valence-corrected chi connectivity index (χ3v) is 2.34. The van der Waals surface area contributed by atoms with Crippen LogP contribution in [-0.4, -0.2) is 16.0 Å². The zero-order valence-electron chi connectivity index (χ0n) is 7.24. The van der Waals surface area contributed by atoms with E-state index in [1.54, 1.807) is 0 Å². The summed E-state index contributed by atoms with van der Waals surface area (Å²) >= 11 is 11.3. The van der Waals surface area contributed by atoms with Crippen molar-refractivity contribution in [2.24, 2.45) is 0 Å². The number of nitro benzene ring substituents is 1. The summed E-state index contributed by atoms with van der Waals surface area (Å²) in [5, 5.41) is 18.9. The molecule has 0 fully saturated rings. The van der Waals surface area contributed by atoms with Crippen LogP contribution >= 0.6 is 23.2 Å². The number of rotatable bonds is 3. The molecule has 1 aromatic rings. The molecule has 1 aromatic carbocycles. The van der Waals surface area contributed by atoms with Gasteiger partial charge in [0.15, 0.2) is 0 Å². The number of carboxylic acid groups (broad SMARTS) is 1. The Kier molecular flexibility index (Phi) is 3.49. The Hall–Kier alpha value is -1.33. The Bertz CT molecular complexity index is 410. The van der Waals surface area contributed by atoms with Gasteiger partial charge in [0, 0.05) is 17.7 Å². The van der Waals surface area contributed by atoms with Gasteiger partial charge >= 0.3 is 5.97 Å². The number of aliphatic carboxylic acids is 1. The number of non-ortho nitro benzene ring substituents is 1. The number of benzene rings is 1. The molecule has 0 heterocycles. The van der Waals surface area contributed by atoms with Crippen molar-refractivity contribution in [3.63, 3.8) is 0 Å². The summed E-state index contributed by atoms with van der Waals surface area (Å²) in [5.74, 6) is -1.10. The van der Waals surface area contributed by atoms with Crippen LogP contribution in [0.3, 0.4) is 0 Å². The lowest BCUT2D eigenvalue weighted by Gasteiger charge is -2.03. The smallest absolute Gasteiger partial charge is 0.307 e. The zero-order chi connectivity index (χ0) is 11.6. The molecule has 1 rings (SSSR count). The van der Waals surface area contributed by atoms with E-state index in [1.165, 1.54) is 0 Å². The number of nitro groups is 1. The summed E-state index contributed by atoms with van der Waals surface area (Å²) in [4.78, 5) is 20.2. The molecule has 80 valence electrons. The Morgan fingerprint density at radius 3 is 2.20 bits per heavy atom. The molecule has 0 amide bonds. The standard InChI is InChI=1S/C8H5Cl2NO4/c9-6-1-4(11(14)15)2-7(10)5(6)3-8(12)13/h1-2H,3H2,(H,12,13). The van der Waals surface area contributed by atoms with Crippen LogP contribution in [0.1, 0.15) is 5.56 Å². The van der Waals surface area contributed by atoms with Gasteiger partial charge in [-0.2, -0.15) is 0 Å². The largest absolute Gasteiger partial charge is 0.481 e. The number of hydrogen-bond donors (Lipinski definition) is 1. The van der Waals surface area contributed by atoms with Gasteiger partial charge in [-0.1, -0.05) is 23.2 Å². The lowest BCUT2D eigenvalue weighted by atomic mass is 10.1. The Labute approximate surface area is 94.4 Å². The molecule has 0 bridgehead atoms. The fourth-order valence-electron chi connectivity index (χ4n) is 1.02. The Balaban J connectivity index is 3.21. The highest BCUT2D eigenvalue weighted by Gasteiger charge is 2.16. The van der Waals surface area contributed by atoms with Crippen LogP contribution < -0.4 is 0 Å². The summed E-state index contributed by atoms with van der Waals surface area (Å²) in [6.07, 6.45) is -0.365. The fraction of sp³-hybridized carbons (Fsp3) is 0.125. The molecule has 0 unspecified atom stereocenters. The molecule has 0 aromatic heterocycles. The maximum Gasteiger partial charge on any atom is 0.307 e. The van der Waals surface area contributed by atoms with Gasteiger partial charge in [0.05, 0.1) is 21.4 Å². The average Bonchev–Trinajstić information content (AvgIpc) is 2.10. The predicted octanol–water partition coefficient (Wildman–Crippen LogP) is 2.53. The molecule has 0 aliphatic carbocycles. The van der Waals surface area contributed by atoms with Crippen LogP contribution in [0.15, 0.2) is 12.1 Å². The quantitative estimate of drug-likeness (QED) is 0.660. The van der Waals surface area contributed by atoms with E-state index in [-0.39, 0.29) is 27.7 Å². The van der Waals surface area contributed by atoms with Gasteiger partial charge in [0.25, 0.3) is 5.69 Å². The highest BCUT2D eigenvalue weighted by atomic mass is 35.5. The van der Waals surface area contributed by atoms with E-state index in [9.17, 15) is 14.9 Å². The van der Waals surface area contributed by atoms with Crippen molar-refractivity contribution in [3.05, 3.63) is 37.9 Å². The van der Waals surface area contributed by atoms with Gasteiger partial charge in [-0.15, -0.1) is 0 Å². The van der Waals surface area contributed by atoms with Crippen molar-refractivity contribution in [2.45, 2.75) is 6.42 Å². The van der Waals surface area contributed by atoms with Gasteiger partial charge in [0.1, 0.15) is 0 Å². The molecule has 0 atom stereocenters. The third-order valence-electron chi connectivity index (χ3n) is 1.66. The molecular formula is C8H5Cl2NO4. The minimum absolute atomic E-state index is 0.0170. The van der Waals surface area contributed by atoms with Crippen molar-refractivity contribution in [1.82, 2.24) is 0 Å². The van der Waals surface area contributed by atoms with Crippen molar-refractivity contribution < 1.29 is 14.8 Å². The fourth-order valence-corrected chi connectivity index (χ4v) is 1.62. The van der Waals surface area contributed by atoms with E-state index >= 15 is 0 Å². The number of carbonyl (C=O) groups is 1. The summed E-state index contributed by atoms with van der Waals surface area (Å²) in [7, 11) is 0. The first-order chi connectivity index (χ1) is 6.91. The van der Waals surface area contributed by atoms with E-state index in [4.69, 9.17) is 28.3 Å². The minimum atomic E-state index is -1.10. The number of nitrogens with zero attached hydrogens (tertiary/aromatic N) is 1. The number of hydrogen-bond acceptors (Lipinski definition) is 3. The lowest BCUT2D eigenvalue weighted by molar-refractivity contribution is -0.384. The van der Waals surface area contributed by atoms with E-state index in [0.29, 0.717) is 0 Å². The van der Waals surface area contributed by atoms with Crippen LogP contribution in [0.2, 0.25) is 10.0 Å². The van der Waals surface area contributed by atoms with Gasteiger partial charge in [0.2, 0.25) is 0 Å². The summed E-state index contributed by atoms with van der Waals surface area (Å²) in [6, 6.07) is 2.15. The van der Waals surface area contributed by atoms with Crippen LogP contribution in [0.4, 0.5) is 5.69 Å². The second-order valence-corrected chi connectivity index (χ2v) is 3.53. The average molecular weight is 250 g/mol. The minimum Gasteiger partial charge on any atom is -0.481 e. The molecule has 0 saturated carbocycles. The normalized spacial score (nSPS) is 10.0. The van der Waals surface area contributed by atoms with Crippen LogP contribution in [0.5, 0.6) is 0 Å². The molecule has 0 spiro atoms. The van der Waals surface area contributed by atoms with Gasteiger partial charge in [-0.25, -0.2) is 0 Å². The van der Waals surface area contributed by atoms with Crippen LogP contribution in [0, 0.1) is 10.1 Å². The first kappa shape index (κ1) is 11.7. The van der Waals surface area contributed by atoms with Crippen LogP contribution in [0.25, 0.3) is 0 Å². The van der Waals surface area contributed by atoms with E-state index in [0.717, 1.165) is 12.1 Å². The summed E-state index contributed by atoms with van der Waals surface area (Å²) in [5.41, 5.74) is -0.0874. The number of carboxylic acids is 1. The topological polar surface area (TPSA) is 80.4 Å². The molecule has 0 aliphatic rings. The van der Waals surface area contributed by atoms with E-state index in [2.05, 4.69) is 0 Å². The second-order valence-electron chi connectivity index (χ2n) is 2.72. The monoisotopic (exact) mass is 249 g/mol. The van der Waals surface area contributed by atoms with Crippen molar-refractivity contribution in [2.75, 3.05) is 0 Å². The van der Waals surface area contributed by atoms with Crippen molar-refractivity contribution >= 4 is 34.9 Å². The maximum absolute atomic E-state index is 10.4. The zero-order valence-corrected chi connectivity index (χ0v) is 8.75. The van der Waals surface area contributed by atoms with E-state index in [1.807, 2.05) is 0 Å². The molecule has 7 heteroatoms. The highest BCUT2D eigenvalue weighted by molar-refractivity contribution is 6.36. The molecule has 0 aliphatic heterocycles. The summed E-state index contributed by atoms with van der Waals surface area (Å²) in [6.45, 7) is 0. The highest BCUT2D eigenvalue weighted by Crippen LogP contribution is 2.30. The second kappa shape index (κ2) is 4.46. The third kappa shape index (κ3) is 2.81. The maximum atomic E-state index is 10.4. The Morgan fingerprint density at radius 2 is 1.87 bits per heavy atom. The van der Waals surface area contributed by atoms with Crippen molar-refractivity contribution in [1.29, 1.82) is 0 Å². The van der Waals surface area contributed by atoms with Gasteiger partial charge in [-0.05, 0) is 0 Å². The molecule has 0 saturated heterocycles. The van der Waals surface area contributed by atoms with E-state index < -0.39 is 10.9 Å². The van der Waals surface area contributed by atoms with Gasteiger partial charge < -0.3 is 5.11 Å². The molecule has 5 nitrogen and oxygen atoms in total.